The number of fused-ring (bicyclic) bond motifs is 1. The third kappa shape index (κ3) is 3.30. The van der Waals surface area contributed by atoms with E-state index in [1.807, 2.05) is 24.0 Å². The quantitative estimate of drug-likeness (QED) is 0.554. The van der Waals surface area contributed by atoms with Gasteiger partial charge in [-0.05, 0) is 36.8 Å². The molecule has 1 N–H and O–H groups in total. The first-order chi connectivity index (χ1) is 13.6. The predicted octanol–water partition coefficient (Wildman–Crippen LogP) is 3.29. The molecule has 3 aromatic heterocycles. The van der Waals surface area contributed by atoms with E-state index < -0.39 is 0 Å². The lowest BCUT2D eigenvalue weighted by molar-refractivity contribution is -0.118. The van der Waals surface area contributed by atoms with Crippen molar-refractivity contribution in [3.63, 3.8) is 0 Å². The number of benzene rings is 1. The maximum absolute atomic E-state index is 12.3. The van der Waals surface area contributed by atoms with Gasteiger partial charge in [0.25, 0.3) is 0 Å². The Morgan fingerprint density at radius 3 is 3.04 bits per heavy atom. The molecule has 0 aliphatic carbocycles. The van der Waals surface area contributed by atoms with Crippen molar-refractivity contribution in [1.82, 2.24) is 20.0 Å². The minimum atomic E-state index is -0.0731. The number of nitrogens with zero attached hydrogens (tertiary/aromatic N) is 4. The Hall–Kier alpha value is -3.04. The summed E-state index contributed by atoms with van der Waals surface area (Å²) in [6.45, 7) is 3.75. The monoisotopic (exact) mass is 395 g/mol. The Bertz CT molecular complexity index is 1130. The number of carbonyl (C=O) groups excluding carboxylic acids is 1. The van der Waals surface area contributed by atoms with Crippen LogP contribution in [-0.2, 0) is 4.79 Å². The molecule has 1 saturated heterocycles. The number of furan rings is 1. The molecule has 1 amide bonds. The molecule has 5 rings (SSSR count). The zero-order chi connectivity index (χ0) is 19.1. The lowest BCUT2D eigenvalue weighted by Crippen LogP contribution is -2.48. The molecule has 4 aromatic rings. The van der Waals surface area contributed by atoms with E-state index in [0.29, 0.717) is 42.2 Å². The molecular formula is C19H17N5O3S. The molecule has 142 valence electrons. The Labute approximate surface area is 164 Å². The van der Waals surface area contributed by atoms with Gasteiger partial charge in [0.2, 0.25) is 17.6 Å². The van der Waals surface area contributed by atoms with E-state index in [1.165, 1.54) is 16.9 Å². The van der Waals surface area contributed by atoms with Gasteiger partial charge in [0.05, 0.1) is 28.9 Å². The Kier molecular flexibility index (Phi) is 4.18. The van der Waals surface area contributed by atoms with Crippen LogP contribution >= 0.6 is 11.3 Å². The maximum Gasteiger partial charge on any atom is 0.240 e. The molecule has 1 fully saturated rings. The summed E-state index contributed by atoms with van der Waals surface area (Å²) in [6, 6.07) is 9.63. The normalized spacial score (nSPS) is 15.0. The number of hydrogen-bond acceptors (Lipinski definition) is 8. The smallest absolute Gasteiger partial charge is 0.240 e. The largest absolute Gasteiger partial charge is 0.461 e. The highest BCUT2D eigenvalue weighted by molar-refractivity contribution is 7.22. The lowest BCUT2D eigenvalue weighted by Gasteiger charge is -2.36. The van der Waals surface area contributed by atoms with Crippen molar-refractivity contribution in [2.45, 2.75) is 12.8 Å². The molecule has 1 aliphatic rings. The number of rotatable bonds is 5. The van der Waals surface area contributed by atoms with E-state index in [0.717, 1.165) is 10.2 Å². The summed E-state index contributed by atoms with van der Waals surface area (Å²) in [4.78, 5) is 23.2. The van der Waals surface area contributed by atoms with Gasteiger partial charge in [0.1, 0.15) is 0 Å². The predicted molar refractivity (Wildman–Crippen MR) is 104 cm³/mol. The van der Waals surface area contributed by atoms with Crippen LogP contribution in [0, 0.1) is 6.92 Å². The average Bonchev–Trinajstić information content (AvgIpc) is 3.36. The molecule has 0 atom stereocenters. The number of hydrogen-bond donors (Lipinski definition) is 1. The van der Waals surface area contributed by atoms with Crippen molar-refractivity contribution in [3.05, 3.63) is 48.0 Å². The van der Waals surface area contributed by atoms with Crippen molar-refractivity contribution >= 4 is 32.6 Å². The van der Waals surface area contributed by atoms with Crippen molar-refractivity contribution in [2.75, 3.05) is 25.0 Å². The number of aryl methyl sites for hydroxylation is 1. The zero-order valence-electron chi connectivity index (χ0n) is 15.1. The van der Waals surface area contributed by atoms with E-state index in [-0.39, 0.29) is 11.8 Å². The molecule has 0 unspecified atom stereocenters. The molecule has 0 spiro atoms. The van der Waals surface area contributed by atoms with Crippen molar-refractivity contribution in [3.8, 4) is 11.6 Å². The number of thiazole rings is 1. The van der Waals surface area contributed by atoms with Crippen molar-refractivity contribution < 1.29 is 13.7 Å². The highest BCUT2D eigenvalue weighted by atomic mass is 32.1. The van der Waals surface area contributed by atoms with Gasteiger partial charge in [-0.15, -0.1) is 0 Å². The minimum Gasteiger partial charge on any atom is -0.461 e. The molecule has 28 heavy (non-hydrogen) atoms. The van der Waals surface area contributed by atoms with Gasteiger partial charge in [-0.25, -0.2) is 4.98 Å². The third-order valence-electron chi connectivity index (χ3n) is 4.65. The summed E-state index contributed by atoms with van der Waals surface area (Å²) in [5.41, 5.74) is 2.08. The van der Waals surface area contributed by atoms with Crippen LogP contribution in [0.5, 0.6) is 0 Å². The van der Waals surface area contributed by atoms with Crippen LogP contribution in [0.15, 0.2) is 45.5 Å². The van der Waals surface area contributed by atoms with Gasteiger partial charge < -0.3 is 14.3 Å². The van der Waals surface area contributed by atoms with Crippen LogP contribution in [0.2, 0.25) is 0 Å². The second kappa shape index (κ2) is 6.84. The number of anilines is 1. The SMILES string of the molecule is Cc1ccc2nc(NC(=O)CN3CC(c4nc(-c5ccco5)no4)C3)sc2c1. The Morgan fingerprint density at radius 1 is 1.32 bits per heavy atom. The van der Waals surface area contributed by atoms with Gasteiger partial charge in [-0.2, -0.15) is 4.98 Å². The second-order valence-electron chi connectivity index (χ2n) is 6.86. The summed E-state index contributed by atoms with van der Waals surface area (Å²) in [6.07, 6.45) is 1.57. The summed E-state index contributed by atoms with van der Waals surface area (Å²) in [5, 5.41) is 7.46. The highest BCUT2D eigenvalue weighted by Gasteiger charge is 2.34. The summed E-state index contributed by atoms with van der Waals surface area (Å²) >= 11 is 1.49. The van der Waals surface area contributed by atoms with Gasteiger partial charge in [0, 0.05) is 13.1 Å². The highest BCUT2D eigenvalue weighted by Crippen LogP contribution is 2.29. The average molecular weight is 395 g/mol. The number of amides is 1. The molecule has 1 aliphatic heterocycles. The molecular weight excluding hydrogens is 378 g/mol. The maximum atomic E-state index is 12.3. The number of carbonyl (C=O) groups is 1. The van der Waals surface area contributed by atoms with E-state index in [9.17, 15) is 4.79 Å². The van der Waals surface area contributed by atoms with E-state index in [2.05, 4.69) is 26.5 Å². The zero-order valence-corrected chi connectivity index (χ0v) is 15.9. The van der Waals surface area contributed by atoms with Gasteiger partial charge in [0.15, 0.2) is 10.9 Å². The van der Waals surface area contributed by atoms with E-state index in [4.69, 9.17) is 8.94 Å². The summed E-state index contributed by atoms with van der Waals surface area (Å²) in [5.74, 6) is 1.66. The standard InChI is InChI=1S/C19H17N5O3S/c1-11-4-5-13-15(7-11)28-19(20-13)21-16(25)10-24-8-12(9-24)18-22-17(23-27-18)14-3-2-6-26-14/h2-7,12H,8-10H2,1H3,(H,20,21,25). The van der Waals surface area contributed by atoms with Crippen molar-refractivity contribution in [1.29, 1.82) is 0 Å². The number of likely N-dealkylation sites (tertiary alicyclic amines) is 1. The van der Waals surface area contributed by atoms with Gasteiger partial charge in [-0.3, -0.25) is 9.69 Å². The molecule has 0 saturated carbocycles. The Balaban J connectivity index is 1.15. The van der Waals surface area contributed by atoms with Crippen molar-refractivity contribution in [2.24, 2.45) is 0 Å². The van der Waals surface area contributed by atoms with E-state index >= 15 is 0 Å². The second-order valence-corrected chi connectivity index (χ2v) is 7.89. The topological polar surface area (TPSA) is 97.3 Å². The van der Waals surface area contributed by atoms with Crippen LogP contribution in [0.3, 0.4) is 0 Å². The molecule has 8 nitrogen and oxygen atoms in total. The van der Waals surface area contributed by atoms with Crippen LogP contribution in [0.1, 0.15) is 17.4 Å². The minimum absolute atomic E-state index is 0.0731. The summed E-state index contributed by atoms with van der Waals surface area (Å²) in [7, 11) is 0. The number of nitrogens with one attached hydrogen (secondary N) is 1. The van der Waals surface area contributed by atoms with Gasteiger partial charge >= 0.3 is 0 Å². The fourth-order valence-electron chi connectivity index (χ4n) is 3.21. The first kappa shape index (κ1) is 17.1. The number of aromatic nitrogens is 3. The fraction of sp³-hybridized carbons (Fsp3) is 0.263. The first-order valence-corrected chi connectivity index (χ1v) is 9.72. The summed E-state index contributed by atoms with van der Waals surface area (Å²) < 4.78 is 11.7. The van der Waals surface area contributed by atoms with Crippen LogP contribution in [0.4, 0.5) is 5.13 Å². The van der Waals surface area contributed by atoms with Crippen LogP contribution in [-0.4, -0.2) is 45.6 Å². The molecule has 0 radical (unpaired) electrons. The Morgan fingerprint density at radius 2 is 2.21 bits per heavy atom. The van der Waals surface area contributed by atoms with E-state index in [1.54, 1.807) is 18.4 Å². The lowest BCUT2D eigenvalue weighted by atomic mass is 10.0. The molecule has 1 aromatic carbocycles. The van der Waals surface area contributed by atoms with Gasteiger partial charge in [-0.1, -0.05) is 22.6 Å². The molecule has 0 bridgehead atoms. The van der Waals surface area contributed by atoms with Crippen LogP contribution in [0.25, 0.3) is 21.8 Å². The molecule has 9 heteroatoms. The molecule has 4 heterocycles. The first-order valence-electron chi connectivity index (χ1n) is 8.91. The third-order valence-corrected chi connectivity index (χ3v) is 5.58. The fourth-order valence-corrected chi connectivity index (χ4v) is 4.19. The van der Waals surface area contributed by atoms with Crippen LogP contribution < -0.4 is 5.32 Å².